The van der Waals surface area contributed by atoms with Crippen LogP contribution in [0.15, 0.2) is 89.5 Å². The first-order chi connectivity index (χ1) is 26.0. The molecule has 0 saturated heterocycles. The second kappa shape index (κ2) is 19.3. The Morgan fingerprint density at radius 1 is 0.929 bits per heavy atom. The minimum atomic E-state index is -4.35. The molecule has 2 heterocycles. The van der Waals surface area contributed by atoms with Crippen LogP contribution in [0.3, 0.4) is 0 Å². The lowest BCUT2D eigenvalue weighted by molar-refractivity contribution is -0.437. The summed E-state index contributed by atoms with van der Waals surface area (Å²) in [5.41, 5.74) is 5.95. The normalized spacial score (nSPS) is 16.9. The van der Waals surface area contributed by atoms with E-state index in [0.29, 0.717) is 26.1 Å². The van der Waals surface area contributed by atoms with Gasteiger partial charge in [0.1, 0.15) is 6.54 Å². The molecular weight excluding hydrogens is 783 g/mol. The molecule has 0 aromatic heterocycles. The number of hydrogen-bond donors (Lipinski definition) is 2. The molecule has 2 aromatic rings. The van der Waals surface area contributed by atoms with Gasteiger partial charge in [-0.1, -0.05) is 63.3 Å². The van der Waals surface area contributed by atoms with E-state index in [-0.39, 0.29) is 17.7 Å². The molecule has 17 heteroatoms. The summed E-state index contributed by atoms with van der Waals surface area (Å²) >= 11 is 0. The minimum absolute atomic E-state index is 0.120. The first kappa shape index (κ1) is 46.1. The van der Waals surface area contributed by atoms with E-state index in [1.807, 2.05) is 75.6 Å². The van der Waals surface area contributed by atoms with Crippen molar-refractivity contribution in [2.24, 2.45) is 0 Å². The Kier molecular flexibility index (Phi) is 15.9. The lowest BCUT2D eigenvalue weighted by Crippen LogP contribution is -2.28. The van der Waals surface area contributed by atoms with Crippen LogP contribution in [-0.2, 0) is 53.0 Å². The molecule has 14 nitrogen and oxygen atoms in total. The zero-order chi connectivity index (χ0) is 42.1. The second-order valence-corrected chi connectivity index (χ2v) is 18.0. The first-order valence-electron chi connectivity index (χ1n) is 18.0. The molecule has 56 heavy (non-hydrogen) atoms. The van der Waals surface area contributed by atoms with Gasteiger partial charge >= 0.3 is 16.6 Å². The van der Waals surface area contributed by atoms with Crippen molar-refractivity contribution in [2.45, 2.75) is 82.6 Å². The lowest BCUT2D eigenvalue weighted by Gasteiger charge is -2.27. The van der Waals surface area contributed by atoms with Gasteiger partial charge in [-0.2, -0.15) is 13.0 Å². The van der Waals surface area contributed by atoms with Crippen LogP contribution in [0.4, 0.5) is 11.4 Å². The number of hydrogen-bond acceptors (Lipinski definition) is 11. The van der Waals surface area contributed by atoms with Crippen molar-refractivity contribution in [2.75, 3.05) is 37.3 Å². The van der Waals surface area contributed by atoms with Crippen molar-refractivity contribution < 1.29 is 53.0 Å². The molecule has 2 aromatic carbocycles. The van der Waals surface area contributed by atoms with E-state index in [4.69, 9.17) is 17.7 Å². The van der Waals surface area contributed by atoms with Gasteiger partial charge in [0.25, 0.3) is 10.1 Å². The Hall–Kier alpha value is -4.26. The number of carboxylic acids is 1. The smallest absolute Gasteiger partial charge is 0.425 e. The average Bonchev–Trinajstić information content (AvgIpc) is 3.41. The van der Waals surface area contributed by atoms with E-state index in [1.165, 1.54) is 6.07 Å². The quantitative estimate of drug-likeness (QED) is 0.118. The van der Waals surface area contributed by atoms with Crippen LogP contribution in [-0.4, -0.2) is 97.3 Å². The van der Waals surface area contributed by atoms with E-state index in [2.05, 4.69) is 41.2 Å². The van der Waals surface area contributed by atoms with Crippen molar-refractivity contribution in [1.82, 2.24) is 4.90 Å². The third-order valence-corrected chi connectivity index (χ3v) is 11.3. The van der Waals surface area contributed by atoms with Crippen LogP contribution >= 0.6 is 0 Å². The summed E-state index contributed by atoms with van der Waals surface area (Å²) < 4.78 is 95.1. The fourth-order valence-corrected chi connectivity index (χ4v) is 8.11. The SMILES string of the molecule is CCC[N+]1=C(C=CC=CC=CC=C2N(CCCS(=O)(=O)[O-])c3ccc(CN(C)CCCC(=O)O)cc3C2(C)C)C(C)(C)c2cc(S(=O)(=O)O)ccc21.O=S(=O)=O. The summed E-state index contributed by atoms with van der Waals surface area (Å²) in [5, 5.41) is 8.97. The molecular formula is C39H51N3O11S3. The summed E-state index contributed by atoms with van der Waals surface area (Å²) in [6.45, 7) is 12.8. The maximum absolute atomic E-state index is 11.9. The van der Waals surface area contributed by atoms with Gasteiger partial charge in [-0.3, -0.25) is 9.35 Å². The van der Waals surface area contributed by atoms with Crippen LogP contribution in [0, 0.1) is 0 Å². The predicted molar refractivity (Wildman–Crippen MR) is 214 cm³/mol. The Labute approximate surface area is 331 Å². The van der Waals surface area contributed by atoms with Gasteiger partial charge in [0.15, 0.2) is 5.71 Å². The fraction of sp³-hybridized carbons (Fsp3) is 0.436. The van der Waals surface area contributed by atoms with E-state index in [0.717, 1.165) is 52.4 Å². The van der Waals surface area contributed by atoms with Crippen LogP contribution in [0.2, 0.25) is 0 Å². The molecule has 2 aliphatic rings. The monoisotopic (exact) mass is 833 g/mol. The van der Waals surface area contributed by atoms with Crippen molar-refractivity contribution in [1.29, 1.82) is 0 Å². The van der Waals surface area contributed by atoms with Crippen molar-refractivity contribution in [3.63, 3.8) is 0 Å². The van der Waals surface area contributed by atoms with Crippen molar-refractivity contribution in [3.05, 3.63) is 101 Å². The molecule has 0 unspecified atom stereocenters. The molecule has 0 saturated carbocycles. The molecule has 0 amide bonds. The summed E-state index contributed by atoms with van der Waals surface area (Å²) in [7, 11) is -9.83. The zero-order valence-corrected chi connectivity index (χ0v) is 35.0. The molecule has 2 N–H and O–H groups in total. The minimum Gasteiger partial charge on any atom is -0.748 e. The molecule has 0 fully saturated rings. The molecule has 0 bridgehead atoms. The Morgan fingerprint density at radius 3 is 2.18 bits per heavy atom. The number of benzene rings is 2. The van der Waals surface area contributed by atoms with Gasteiger partial charge < -0.3 is 19.5 Å². The van der Waals surface area contributed by atoms with Crippen LogP contribution < -0.4 is 4.90 Å². The van der Waals surface area contributed by atoms with Gasteiger partial charge in [0.2, 0.25) is 5.69 Å². The number of aliphatic carboxylic acids is 1. The Balaban J connectivity index is 0.00000200. The van der Waals surface area contributed by atoms with Crippen molar-refractivity contribution >= 4 is 53.9 Å². The number of rotatable bonds is 17. The summed E-state index contributed by atoms with van der Waals surface area (Å²) in [4.78, 5) is 15.0. The number of fused-ring (bicyclic) bond motifs is 2. The highest BCUT2D eigenvalue weighted by atomic mass is 32.2. The molecule has 0 aliphatic carbocycles. The maximum atomic E-state index is 11.9. The molecule has 306 valence electrons. The third kappa shape index (κ3) is 12.4. The number of nitrogens with zero attached hydrogens (tertiary/aromatic N) is 3. The van der Waals surface area contributed by atoms with E-state index in [1.54, 1.807) is 12.1 Å². The topological polar surface area (TPSA) is 210 Å². The molecule has 0 radical (unpaired) electrons. The highest BCUT2D eigenvalue weighted by Crippen LogP contribution is 2.48. The third-order valence-electron chi connectivity index (χ3n) is 9.68. The Bertz CT molecular complexity index is 2270. The lowest BCUT2D eigenvalue weighted by atomic mass is 9.81. The standard InChI is InChI=1S/C39H51N3O8S2.O3S/c1-7-22-41-34-21-19-30(52(48,49)50)27-32(34)39(4,5)35(41)15-11-9-8-10-12-16-36-38(2,3)31-26-29(28-40(6)23-13-17-37(43)44)18-20-33(31)42(36)24-14-25-51(45,46)47;1-4(2)3/h8-12,15-16,18-21,26-27H,7,13-14,17,22-25,28H2,1-6H3,(H2-,43,44,45,46,47,48,49,50);. The summed E-state index contributed by atoms with van der Waals surface area (Å²) in [6, 6.07) is 11.0. The van der Waals surface area contributed by atoms with Gasteiger partial charge in [-0.05, 0) is 75.7 Å². The van der Waals surface area contributed by atoms with Crippen LogP contribution in [0.25, 0.3) is 0 Å². The molecule has 2 aliphatic heterocycles. The molecule has 4 rings (SSSR count). The van der Waals surface area contributed by atoms with Crippen molar-refractivity contribution in [3.8, 4) is 0 Å². The molecule has 0 atom stereocenters. The number of carbonyl (C=O) groups is 1. The van der Waals surface area contributed by atoms with Gasteiger partial charge in [-0.15, -0.1) is 12.6 Å². The number of carboxylic acid groups (broad SMARTS) is 1. The van der Waals surface area contributed by atoms with E-state index in [9.17, 15) is 30.7 Å². The fourth-order valence-electron chi connectivity index (χ4n) is 7.12. The van der Waals surface area contributed by atoms with Gasteiger partial charge in [0, 0.05) is 66.2 Å². The first-order valence-corrected chi connectivity index (χ1v) is 22.0. The van der Waals surface area contributed by atoms with E-state index < -0.39 is 53.4 Å². The number of allylic oxidation sites excluding steroid dienone is 8. The highest BCUT2D eigenvalue weighted by molar-refractivity contribution is 7.86. The van der Waals surface area contributed by atoms with Gasteiger partial charge in [0.05, 0.1) is 20.4 Å². The largest absolute Gasteiger partial charge is 0.748 e. The zero-order valence-electron chi connectivity index (χ0n) is 32.5. The van der Waals surface area contributed by atoms with Crippen LogP contribution in [0.5, 0.6) is 0 Å². The van der Waals surface area contributed by atoms with Crippen LogP contribution in [0.1, 0.15) is 77.0 Å². The van der Waals surface area contributed by atoms with Gasteiger partial charge in [-0.25, -0.2) is 8.42 Å². The Morgan fingerprint density at radius 2 is 1.57 bits per heavy atom. The second-order valence-electron chi connectivity index (χ2n) is 14.7. The summed E-state index contributed by atoms with van der Waals surface area (Å²) in [5.74, 6) is -1.26. The summed E-state index contributed by atoms with van der Waals surface area (Å²) in [6.07, 6.45) is 15.4. The van der Waals surface area contributed by atoms with E-state index >= 15 is 0 Å². The average molecular weight is 834 g/mol. The predicted octanol–water partition coefficient (Wildman–Crippen LogP) is 5.30. The molecule has 0 spiro atoms. The highest BCUT2D eigenvalue weighted by Gasteiger charge is 2.44. The maximum Gasteiger partial charge on any atom is 0.425 e. The number of anilines is 1.